The largest absolute Gasteiger partial charge is 0.383 e. The normalized spacial score (nSPS) is 19.8. The van der Waals surface area contributed by atoms with Gasteiger partial charge in [0.15, 0.2) is 5.82 Å². The lowest BCUT2D eigenvalue weighted by atomic mass is 9.91. The maximum atomic E-state index is 13.1. The van der Waals surface area contributed by atoms with Crippen molar-refractivity contribution in [2.45, 2.75) is 29.2 Å². The molecular formula is C20H16N2O2S. The fourth-order valence-corrected chi connectivity index (χ4v) is 5.04. The van der Waals surface area contributed by atoms with Crippen molar-refractivity contribution in [3.05, 3.63) is 71.4 Å². The molecule has 0 bridgehead atoms. The average Bonchev–Trinajstić information content (AvgIpc) is 2.67. The predicted octanol–water partition coefficient (Wildman–Crippen LogP) is 3.99. The first-order chi connectivity index (χ1) is 12.2. The second-order valence-corrected chi connectivity index (χ2v) is 7.69. The number of aryl methyl sites for hydroxylation is 1. The first kappa shape index (κ1) is 14.8. The second kappa shape index (κ2) is 5.25. The second-order valence-electron chi connectivity index (χ2n) is 6.27. The molecule has 3 heterocycles. The van der Waals surface area contributed by atoms with E-state index in [-0.39, 0.29) is 0 Å². The highest BCUT2D eigenvalue weighted by molar-refractivity contribution is 7.85. The predicted molar refractivity (Wildman–Crippen MR) is 97.0 cm³/mol. The van der Waals surface area contributed by atoms with E-state index < -0.39 is 16.9 Å². The van der Waals surface area contributed by atoms with Crippen LogP contribution < -0.4 is 4.90 Å². The molecule has 2 unspecified atom stereocenters. The number of pyridine rings is 1. The number of hydrogen-bond acceptors (Lipinski definition) is 4. The SMILES string of the molecule is CCc1ccc2c(c1)N1c3ncccc3S(=O)c3cccc(c31)C2O. The van der Waals surface area contributed by atoms with E-state index in [0.717, 1.165) is 33.8 Å². The highest BCUT2D eigenvalue weighted by atomic mass is 32.2. The van der Waals surface area contributed by atoms with Crippen LogP contribution in [-0.4, -0.2) is 14.3 Å². The highest BCUT2D eigenvalue weighted by Gasteiger charge is 2.38. The molecule has 0 amide bonds. The van der Waals surface area contributed by atoms with Crippen LogP contribution in [0.2, 0.25) is 0 Å². The third-order valence-electron chi connectivity index (χ3n) is 4.95. The molecule has 0 saturated heterocycles. The Morgan fingerprint density at radius 1 is 1.12 bits per heavy atom. The molecule has 25 heavy (non-hydrogen) atoms. The van der Waals surface area contributed by atoms with E-state index >= 15 is 0 Å². The minimum absolute atomic E-state index is 0.683. The Bertz CT molecular complexity index is 1050. The lowest BCUT2D eigenvalue weighted by Crippen LogP contribution is -2.27. The Balaban J connectivity index is 1.90. The molecule has 2 aliphatic heterocycles. The van der Waals surface area contributed by atoms with E-state index in [1.165, 1.54) is 5.56 Å². The number of para-hydroxylation sites is 1. The number of aliphatic hydroxyl groups is 1. The maximum absolute atomic E-state index is 13.1. The molecule has 5 heteroatoms. The van der Waals surface area contributed by atoms with E-state index in [2.05, 4.69) is 28.9 Å². The van der Waals surface area contributed by atoms with Gasteiger partial charge in [0.2, 0.25) is 0 Å². The van der Waals surface area contributed by atoms with Crippen LogP contribution in [0, 0.1) is 0 Å². The van der Waals surface area contributed by atoms with E-state index in [1.54, 1.807) is 6.20 Å². The van der Waals surface area contributed by atoms with Gasteiger partial charge in [0, 0.05) is 17.3 Å². The van der Waals surface area contributed by atoms with Crippen molar-refractivity contribution < 1.29 is 9.32 Å². The zero-order valence-electron chi connectivity index (χ0n) is 13.6. The van der Waals surface area contributed by atoms with E-state index in [1.807, 2.05) is 36.4 Å². The summed E-state index contributed by atoms with van der Waals surface area (Å²) in [4.78, 5) is 8.02. The van der Waals surface area contributed by atoms with E-state index in [4.69, 9.17) is 0 Å². The van der Waals surface area contributed by atoms with E-state index in [0.29, 0.717) is 10.7 Å². The van der Waals surface area contributed by atoms with Crippen LogP contribution in [0.4, 0.5) is 17.2 Å². The quantitative estimate of drug-likeness (QED) is 0.565. The zero-order chi connectivity index (χ0) is 17.1. The first-order valence-corrected chi connectivity index (χ1v) is 9.46. The van der Waals surface area contributed by atoms with Crippen LogP contribution in [0.3, 0.4) is 0 Å². The Morgan fingerprint density at radius 3 is 2.80 bits per heavy atom. The third kappa shape index (κ3) is 1.91. The molecular weight excluding hydrogens is 332 g/mol. The molecule has 2 atom stereocenters. The molecule has 0 aliphatic carbocycles. The number of fused-ring (bicyclic) bond motifs is 4. The van der Waals surface area contributed by atoms with Crippen LogP contribution in [0.25, 0.3) is 0 Å². The summed E-state index contributed by atoms with van der Waals surface area (Å²) in [5, 5.41) is 10.9. The summed E-state index contributed by atoms with van der Waals surface area (Å²) in [7, 11) is -1.30. The van der Waals surface area contributed by atoms with Gasteiger partial charge in [-0.2, -0.15) is 0 Å². The minimum atomic E-state index is -1.30. The lowest BCUT2D eigenvalue weighted by molar-refractivity contribution is 0.219. The van der Waals surface area contributed by atoms with Crippen LogP contribution >= 0.6 is 0 Å². The van der Waals surface area contributed by atoms with Gasteiger partial charge >= 0.3 is 0 Å². The summed E-state index contributed by atoms with van der Waals surface area (Å²) in [5.41, 5.74) is 4.55. The summed E-state index contributed by atoms with van der Waals surface area (Å²) in [5.74, 6) is 0.683. The molecule has 1 aromatic heterocycles. The van der Waals surface area contributed by atoms with Crippen LogP contribution in [0.15, 0.2) is 64.5 Å². The van der Waals surface area contributed by atoms with Gasteiger partial charge in [-0.25, -0.2) is 9.19 Å². The molecule has 1 N–H and O–H groups in total. The van der Waals surface area contributed by atoms with Gasteiger partial charge < -0.3 is 5.11 Å². The molecule has 0 spiro atoms. The number of nitrogens with zero attached hydrogens (tertiary/aromatic N) is 2. The number of benzene rings is 2. The highest BCUT2D eigenvalue weighted by Crippen LogP contribution is 2.54. The van der Waals surface area contributed by atoms with Gasteiger partial charge in [-0.3, -0.25) is 4.90 Å². The van der Waals surface area contributed by atoms with Crippen LogP contribution in [0.5, 0.6) is 0 Å². The molecule has 0 fully saturated rings. The summed E-state index contributed by atoms with van der Waals surface area (Å²) in [6, 6.07) is 15.5. The number of rotatable bonds is 1. The molecule has 5 rings (SSSR count). The average molecular weight is 348 g/mol. The Kier molecular flexibility index (Phi) is 3.11. The minimum Gasteiger partial charge on any atom is -0.383 e. The molecule has 0 radical (unpaired) electrons. The monoisotopic (exact) mass is 348 g/mol. The van der Waals surface area contributed by atoms with Crippen LogP contribution in [0.1, 0.15) is 29.7 Å². The van der Waals surface area contributed by atoms with Crippen molar-refractivity contribution in [3.8, 4) is 0 Å². The molecule has 0 saturated carbocycles. The summed E-state index contributed by atoms with van der Waals surface area (Å²) in [6.07, 6.45) is 1.90. The van der Waals surface area contributed by atoms with Crippen molar-refractivity contribution in [2.75, 3.05) is 4.90 Å². The summed E-state index contributed by atoms with van der Waals surface area (Å²) < 4.78 is 13.1. The zero-order valence-corrected chi connectivity index (χ0v) is 14.5. The standard InChI is InChI=1S/C20H16N2O2S/c1-2-12-8-9-13-15(11-12)22-18-14(19(13)23)5-3-6-16(18)25(24)17-7-4-10-21-20(17)22/h3-11,19,23H,2H2,1H3. The van der Waals surface area contributed by atoms with Gasteiger partial charge in [0.1, 0.15) is 6.10 Å². The Morgan fingerprint density at radius 2 is 1.96 bits per heavy atom. The molecule has 2 aliphatic rings. The maximum Gasteiger partial charge on any atom is 0.154 e. The lowest BCUT2D eigenvalue weighted by Gasteiger charge is -2.39. The van der Waals surface area contributed by atoms with Gasteiger partial charge in [0.05, 0.1) is 32.0 Å². The molecule has 2 aromatic carbocycles. The number of anilines is 3. The third-order valence-corrected chi connectivity index (χ3v) is 6.40. The van der Waals surface area contributed by atoms with Crippen molar-refractivity contribution in [3.63, 3.8) is 0 Å². The number of hydrogen-bond donors (Lipinski definition) is 1. The molecule has 4 nitrogen and oxygen atoms in total. The van der Waals surface area contributed by atoms with Gasteiger partial charge in [-0.1, -0.05) is 31.2 Å². The Labute approximate surface area is 148 Å². The van der Waals surface area contributed by atoms with Gasteiger partial charge in [-0.15, -0.1) is 0 Å². The van der Waals surface area contributed by atoms with Crippen molar-refractivity contribution in [1.29, 1.82) is 0 Å². The number of aromatic nitrogens is 1. The van der Waals surface area contributed by atoms with Crippen molar-refractivity contribution in [1.82, 2.24) is 4.98 Å². The first-order valence-electron chi connectivity index (χ1n) is 8.31. The molecule has 124 valence electrons. The van der Waals surface area contributed by atoms with Gasteiger partial charge in [0.25, 0.3) is 0 Å². The fraction of sp³-hybridized carbons (Fsp3) is 0.150. The van der Waals surface area contributed by atoms with Crippen molar-refractivity contribution in [2.24, 2.45) is 0 Å². The smallest absolute Gasteiger partial charge is 0.154 e. The fourth-order valence-electron chi connectivity index (χ4n) is 3.70. The van der Waals surface area contributed by atoms with E-state index in [9.17, 15) is 9.32 Å². The summed E-state index contributed by atoms with van der Waals surface area (Å²) >= 11 is 0. The molecule has 3 aromatic rings. The van der Waals surface area contributed by atoms with Crippen molar-refractivity contribution >= 4 is 28.0 Å². The summed E-state index contributed by atoms with van der Waals surface area (Å²) in [6.45, 7) is 2.11. The Hall–Kier alpha value is -2.50. The number of aliphatic hydroxyl groups excluding tert-OH is 1. The van der Waals surface area contributed by atoms with Gasteiger partial charge in [-0.05, 0) is 36.2 Å². The van der Waals surface area contributed by atoms with Crippen LogP contribution in [-0.2, 0) is 17.2 Å². The topological polar surface area (TPSA) is 53.4 Å².